The van der Waals surface area contributed by atoms with Crippen LogP contribution in [0.1, 0.15) is 10.4 Å². The van der Waals surface area contributed by atoms with Gasteiger partial charge in [-0.1, -0.05) is 91.0 Å². The van der Waals surface area contributed by atoms with Crippen LogP contribution in [-0.4, -0.2) is 37.7 Å². The normalized spacial score (nSPS) is 11.0. The van der Waals surface area contributed by atoms with Gasteiger partial charge >= 0.3 is 0 Å². The van der Waals surface area contributed by atoms with Gasteiger partial charge in [-0.3, -0.25) is 9.59 Å². The second-order valence-electron chi connectivity index (χ2n) is 7.99. The van der Waals surface area contributed by atoms with Crippen molar-refractivity contribution in [2.24, 2.45) is 0 Å². The van der Waals surface area contributed by atoms with E-state index < -0.39 is 6.89 Å². The molecule has 0 heterocycles. The number of ketones is 2. The minimum Gasteiger partial charge on any atom is -0.485 e. The number of hydrogen-bond donors (Lipinski definition) is 0. The smallest absolute Gasteiger partial charge is 0.194 e. The van der Waals surface area contributed by atoms with Gasteiger partial charge in [0.25, 0.3) is 0 Å². The fourth-order valence-corrected chi connectivity index (χ4v) is 7.79. The molecule has 0 saturated carbocycles. The van der Waals surface area contributed by atoms with Crippen molar-refractivity contribution in [3.63, 3.8) is 0 Å². The van der Waals surface area contributed by atoms with Crippen LogP contribution in [0, 0.1) is 0 Å². The summed E-state index contributed by atoms with van der Waals surface area (Å²) in [5, 5.41) is 3.31. The number of benzene rings is 4. The van der Waals surface area contributed by atoms with Crippen LogP contribution >= 0.6 is 6.89 Å². The Bertz CT molecular complexity index is 1210. The number of Topliss-reactive ketones (excluding diaryl/α,β-unsaturated/α-hetero) is 2. The Morgan fingerprint density at radius 1 is 0.657 bits per heavy atom. The molecule has 0 N–H and O–H groups in total. The lowest BCUT2D eigenvalue weighted by Gasteiger charge is -2.28. The molecule has 0 spiro atoms. The molecule has 0 aromatic heterocycles. The van der Waals surface area contributed by atoms with Gasteiger partial charge in [-0.15, -0.1) is 0 Å². The minimum atomic E-state index is -2.37. The molecular weight excluding hydrogens is 455 g/mol. The summed E-state index contributed by atoms with van der Waals surface area (Å²) in [5.41, 5.74) is 0.541. The molecule has 5 heteroatoms. The molecule has 0 saturated heterocycles. The second-order valence-corrected chi connectivity index (χ2v) is 11.2. The summed E-state index contributed by atoms with van der Waals surface area (Å²) in [6.45, 7) is -2.44. The third-order valence-electron chi connectivity index (χ3n) is 5.66. The fourth-order valence-electron chi connectivity index (χ4n) is 4.02. The van der Waals surface area contributed by atoms with Crippen LogP contribution in [0.3, 0.4) is 0 Å². The molecule has 0 bridgehead atoms. The third-order valence-corrected chi connectivity index (χ3v) is 9.67. The zero-order valence-corrected chi connectivity index (χ0v) is 20.4. The monoisotopic (exact) mass is 482 g/mol. The SMILES string of the molecule is COCC(=O)c1ccc(OCC(=O)C=P(c2ccccc2)(c2ccccc2)c2ccccc2)cc1. The van der Waals surface area contributed by atoms with Crippen molar-refractivity contribution in [1.82, 2.24) is 0 Å². The molecule has 35 heavy (non-hydrogen) atoms. The molecule has 4 nitrogen and oxygen atoms in total. The Balaban J connectivity index is 1.70. The average Bonchev–Trinajstić information content (AvgIpc) is 2.92. The van der Waals surface area contributed by atoms with Gasteiger partial charge < -0.3 is 9.47 Å². The molecule has 0 fully saturated rings. The Labute approximate surface area is 206 Å². The fraction of sp³-hybridized carbons (Fsp3) is 0.100. The predicted molar refractivity (Wildman–Crippen MR) is 144 cm³/mol. The summed E-state index contributed by atoms with van der Waals surface area (Å²) in [6.07, 6.45) is 0. The molecule has 0 unspecified atom stereocenters. The van der Waals surface area contributed by atoms with Crippen LogP contribution in [-0.2, 0) is 9.53 Å². The second kappa shape index (κ2) is 11.6. The number of carbonyl (C=O) groups excluding carboxylic acids is 2. The van der Waals surface area contributed by atoms with E-state index in [2.05, 4.69) is 36.4 Å². The lowest BCUT2D eigenvalue weighted by atomic mass is 10.1. The van der Waals surface area contributed by atoms with Crippen LogP contribution in [0.4, 0.5) is 0 Å². The maximum absolute atomic E-state index is 13.4. The minimum absolute atomic E-state index is 0.0257. The standard InChI is InChI=1S/C30H27O4P/c1-33-22-30(32)24-17-19-26(20-18-24)34-21-25(31)23-35(27-11-5-2-6-12-27,28-13-7-3-8-14-28)29-15-9-4-10-16-29/h2-20,23H,21-22H2,1H3. The summed E-state index contributed by atoms with van der Waals surface area (Å²) >= 11 is 0. The Morgan fingerprint density at radius 3 is 1.54 bits per heavy atom. The van der Waals surface area contributed by atoms with Gasteiger partial charge in [0.05, 0.1) is 0 Å². The molecule has 4 rings (SSSR count). The van der Waals surface area contributed by atoms with Crippen molar-refractivity contribution in [2.45, 2.75) is 0 Å². The summed E-state index contributed by atoms with van der Waals surface area (Å²) in [6, 6.07) is 37.3. The van der Waals surface area contributed by atoms with Crippen molar-refractivity contribution in [2.75, 3.05) is 20.3 Å². The zero-order valence-electron chi connectivity index (χ0n) is 19.5. The number of ether oxygens (including phenoxy) is 2. The first-order valence-corrected chi connectivity index (χ1v) is 13.2. The highest BCUT2D eigenvalue weighted by Gasteiger charge is 2.26. The molecular formula is C30H27O4P. The van der Waals surface area contributed by atoms with E-state index >= 15 is 0 Å². The highest BCUT2D eigenvalue weighted by molar-refractivity contribution is 7.95. The molecule has 0 aliphatic heterocycles. The van der Waals surface area contributed by atoms with Gasteiger partial charge in [-0.2, -0.15) is 0 Å². The van der Waals surface area contributed by atoms with Crippen molar-refractivity contribution < 1.29 is 19.1 Å². The van der Waals surface area contributed by atoms with Crippen LogP contribution in [0.5, 0.6) is 5.75 Å². The molecule has 0 aliphatic carbocycles. The summed E-state index contributed by atoms with van der Waals surface area (Å²) in [5.74, 6) is 2.19. The quantitative estimate of drug-likeness (QED) is 0.250. The Morgan fingerprint density at radius 2 is 1.11 bits per heavy atom. The van der Waals surface area contributed by atoms with Gasteiger partial charge in [0.15, 0.2) is 18.2 Å². The number of rotatable bonds is 10. The zero-order chi connectivity index (χ0) is 24.5. The number of hydrogen-bond acceptors (Lipinski definition) is 4. The van der Waals surface area contributed by atoms with E-state index in [4.69, 9.17) is 9.47 Å². The van der Waals surface area contributed by atoms with E-state index in [1.807, 2.05) is 60.4 Å². The molecule has 4 aromatic carbocycles. The summed E-state index contributed by atoms with van der Waals surface area (Å²) < 4.78 is 10.7. The van der Waals surface area contributed by atoms with E-state index in [1.54, 1.807) is 24.3 Å². The van der Waals surface area contributed by atoms with Gasteiger partial charge in [0.1, 0.15) is 12.4 Å². The summed E-state index contributed by atoms with van der Waals surface area (Å²) in [4.78, 5) is 25.4. The van der Waals surface area contributed by atoms with Gasteiger partial charge in [0.2, 0.25) is 0 Å². The molecule has 0 atom stereocenters. The maximum Gasteiger partial charge on any atom is 0.194 e. The van der Waals surface area contributed by atoms with Crippen molar-refractivity contribution in [1.29, 1.82) is 0 Å². The van der Waals surface area contributed by atoms with Crippen molar-refractivity contribution in [3.05, 3.63) is 121 Å². The van der Waals surface area contributed by atoms with Crippen LogP contribution in [0.15, 0.2) is 115 Å². The molecule has 0 amide bonds. The maximum atomic E-state index is 13.4. The van der Waals surface area contributed by atoms with Crippen LogP contribution < -0.4 is 20.7 Å². The number of methoxy groups -OCH3 is 1. The van der Waals surface area contributed by atoms with E-state index in [1.165, 1.54) is 7.11 Å². The average molecular weight is 483 g/mol. The first kappa shape index (κ1) is 24.4. The van der Waals surface area contributed by atoms with Gasteiger partial charge in [-0.05, 0) is 52.9 Å². The molecule has 0 aliphatic rings. The summed E-state index contributed by atoms with van der Waals surface area (Å²) in [7, 11) is 1.49. The first-order valence-electron chi connectivity index (χ1n) is 11.3. The van der Waals surface area contributed by atoms with Gasteiger partial charge in [0, 0.05) is 12.7 Å². The lowest BCUT2D eigenvalue weighted by molar-refractivity contribution is -0.114. The van der Waals surface area contributed by atoms with Gasteiger partial charge in [-0.25, -0.2) is 0 Å². The van der Waals surface area contributed by atoms with E-state index in [0.717, 1.165) is 15.9 Å². The van der Waals surface area contributed by atoms with E-state index in [0.29, 0.717) is 11.3 Å². The highest BCUT2D eigenvalue weighted by Crippen LogP contribution is 2.43. The van der Waals surface area contributed by atoms with Crippen molar-refractivity contribution >= 4 is 40.2 Å². The Kier molecular flexibility index (Phi) is 8.10. The number of carbonyl (C=O) groups is 2. The largest absolute Gasteiger partial charge is 0.485 e. The lowest BCUT2D eigenvalue weighted by Crippen LogP contribution is -2.29. The van der Waals surface area contributed by atoms with Crippen LogP contribution in [0.25, 0.3) is 0 Å². The predicted octanol–water partition coefficient (Wildman–Crippen LogP) is 4.26. The molecule has 176 valence electrons. The first-order chi connectivity index (χ1) is 17.1. The molecule has 0 radical (unpaired) electrons. The topological polar surface area (TPSA) is 52.6 Å². The van der Waals surface area contributed by atoms with Crippen molar-refractivity contribution in [3.8, 4) is 5.75 Å². The van der Waals surface area contributed by atoms with E-state index in [9.17, 15) is 9.59 Å². The highest BCUT2D eigenvalue weighted by atomic mass is 31.2. The van der Waals surface area contributed by atoms with E-state index in [-0.39, 0.29) is 24.8 Å². The van der Waals surface area contributed by atoms with Crippen LogP contribution in [0.2, 0.25) is 0 Å². The third kappa shape index (κ3) is 5.68. The molecule has 4 aromatic rings. The Hall–Kier alpha value is -3.72.